The molecule has 0 radical (unpaired) electrons. The van der Waals surface area contributed by atoms with Crippen molar-refractivity contribution in [1.29, 1.82) is 0 Å². The maximum Gasteiger partial charge on any atom is 0.417 e. The van der Waals surface area contributed by atoms with Crippen molar-refractivity contribution < 1.29 is 32.2 Å². The monoisotopic (exact) mass is 467 g/mol. The molecule has 1 saturated heterocycles. The van der Waals surface area contributed by atoms with Crippen molar-refractivity contribution in [1.82, 2.24) is 20.7 Å². The van der Waals surface area contributed by atoms with E-state index in [1.807, 2.05) is 9.80 Å². The topological polar surface area (TPSA) is 96.0 Å². The van der Waals surface area contributed by atoms with Crippen LogP contribution in [-0.4, -0.2) is 68.6 Å². The first kappa shape index (κ1) is 24.1. The first-order valence-corrected chi connectivity index (χ1v) is 10.0. The van der Waals surface area contributed by atoms with E-state index in [-0.39, 0.29) is 12.1 Å². The van der Waals surface area contributed by atoms with Gasteiger partial charge in [-0.15, -0.1) is 0 Å². The first-order valence-electron chi connectivity index (χ1n) is 10.0. The number of pyridine rings is 1. The van der Waals surface area contributed by atoms with Gasteiger partial charge >= 0.3 is 6.18 Å². The molecule has 2 aromatic rings. The van der Waals surface area contributed by atoms with Gasteiger partial charge in [-0.05, 0) is 30.3 Å². The Morgan fingerprint density at radius 3 is 2.27 bits per heavy atom. The van der Waals surface area contributed by atoms with Crippen LogP contribution < -0.4 is 25.2 Å². The number of rotatable bonds is 6. The lowest BCUT2D eigenvalue weighted by atomic mass is 10.2. The number of alkyl halides is 3. The lowest BCUT2D eigenvalue weighted by Gasteiger charge is -2.35. The molecule has 2 N–H and O–H groups in total. The standard InChI is InChI=1S/C21H24F3N5O4/c1-32-16-5-3-14(11-17(16)33-2)20(31)27-26-19(30)13-28-7-9-29(10-8-28)18-6-4-15(12-25-18)21(22,23)24/h3-6,11-12H,7-10,13H2,1-2H3,(H,26,30)(H,27,31). The molecule has 0 aliphatic carbocycles. The van der Waals surface area contributed by atoms with Gasteiger partial charge in [-0.25, -0.2) is 4.98 Å². The summed E-state index contributed by atoms with van der Waals surface area (Å²) >= 11 is 0. The first-order chi connectivity index (χ1) is 15.7. The highest BCUT2D eigenvalue weighted by Crippen LogP contribution is 2.29. The van der Waals surface area contributed by atoms with E-state index in [4.69, 9.17) is 9.47 Å². The SMILES string of the molecule is COc1ccc(C(=O)NNC(=O)CN2CCN(c3ccc(C(F)(F)F)cn3)CC2)cc1OC. The van der Waals surface area contributed by atoms with Crippen LogP contribution in [0.3, 0.4) is 0 Å². The molecule has 1 aromatic carbocycles. The van der Waals surface area contributed by atoms with Gasteiger partial charge in [-0.1, -0.05) is 0 Å². The molecular formula is C21H24F3N5O4. The third-order valence-electron chi connectivity index (χ3n) is 5.10. The number of anilines is 1. The van der Waals surface area contributed by atoms with Crippen LogP contribution in [-0.2, 0) is 11.0 Å². The molecule has 33 heavy (non-hydrogen) atoms. The second-order valence-corrected chi connectivity index (χ2v) is 7.24. The summed E-state index contributed by atoms with van der Waals surface area (Å²) in [5, 5.41) is 0. The fourth-order valence-electron chi connectivity index (χ4n) is 3.29. The van der Waals surface area contributed by atoms with Crippen molar-refractivity contribution in [2.45, 2.75) is 6.18 Å². The second-order valence-electron chi connectivity index (χ2n) is 7.24. The Morgan fingerprint density at radius 1 is 1.00 bits per heavy atom. The molecule has 12 heteroatoms. The Kier molecular flexibility index (Phi) is 7.59. The maximum absolute atomic E-state index is 12.7. The number of piperazine rings is 1. The van der Waals surface area contributed by atoms with Crippen molar-refractivity contribution in [2.24, 2.45) is 0 Å². The number of carbonyl (C=O) groups excluding carboxylic acids is 2. The average Bonchev–Trinajstić information content (AvgIpc) is 2.82. The van der Waals surface area contributed by atoms with Gasteiger partial charge in [0.25, 0.3) is 11.8 Å². The fourth-order valence-corrected chi connectivity index (χ4v) is 3.29. The summed E-state index contributed by atoms with van der Waals surface area (Å²) in [4.78, 5) is 32.1. The van der Waals surface area contributed by atoms with E-state index in [9.17, 15) is 22.8 Å². The Balaban J connectivity index is 1.44. The van der Waals surface area contributed by atoms with Crippen LogP contribution in [0, 0.1) is 0 Å². The zero-order valence-corrected chi connectivity index (χ0v) is 18.1. The van der Waals surface area contributed by atoms with Crippen molar-refractivity contribution >= 4 is 17.6 Å². The van der Waals surface area contributed by atoms with Crippen LogP contribution in [0.4, 0.5) is 19.0 Å². The smallest absolute Gasteiger partial charge is 0.417 e. The molecule has 0 saturated carbocycles. The van der Waals surface area contributed by atoms with Gasteiger partial charge in [0, 0.05) is 37.9 Å². The number of carbonyl (C=O) groups is 2. The largest absolute Gasteiger partial charge is 0.493 e. The van der Waals surface area contributed by atoms with Crippen molar-refractivity contribution in [2.75, 3.05) is 51.8 Å². The minimum atomic E-state index is -4.42. The summed E-state index contributed by atoms with van der Waals surface area (Å²) in [6.45, 7) is 2.09. The molecule has 1 aliphatic rings. The van der Waals surface area contributed by atoms with Crippen LogP contribution in [0.2, 0.25) is 0 Å². The highest BCUT2D eigenvalue weighted by atomic mass is 19.4. The number of hydrogen-bond donors (Lipinski definition) is 2. The van der Waals surface area contributed by atoms with E-state index in [1.54, 1.807) is 6.07 Å². The lowest BCUT2D eigenvalue weighted by Crippen LogP contribution is -2.52. The van der Waals surface area contributed by atoms with E-state index >= 15 is 0 Å². The van der Waals surface area contributed by atoms with Crippen LogP contribution >= 0.6 is 0 Å². The van der Waals surface area contributed by atoms with E-state index in [0.29, 0.717) is 43.5 Å². The molecule has 2 heterocycles. The zero-order chi connectivity index (χ0) is 24.0. The number of hydrogen-bond acceptors (Lipinski definition) is 7. The highest BCUT2D eigenvalue weighted by molar-refractivity contribution is 5.96. The minimum absolute atomic E-state index is 0.0560. The number of halogens is 3. The number of benzene rings is 1. The van der Waals surface area contributed by atoms with Gasteiger partial charge in [-0.2, -0.15) is 13.2 Å². The van der Waals surface area contributed by atoms with Gasteiger partial charge < -0.3 is 14.4 Å². The number of aromatic nitrogens is 1. The van der Waals surface area contributed by atoms with Crippen LogP contribution in [0.5, 0.6) is 11.5 Å². The molecule has 1 aliphatic heterocycles. The summed E-state index contributed by atoms with van der Waals surface area (Å²) in [6.07, 6.45) is -3.61. The zero-order valence-electron chi connectivity index (χ0n) is 18.1. The summed E-state index contributed by atoms with van der Waals surface area (Å²) in [5.41, 5.74) is 4.22. The van der Waals surface area contributed by atoms with Crippen LogP contribution in [0.1, 0.15) is 15.9 Å². The number of nitrogens with one attached hydrogen (secondary N) is 2. The molecule has 2 amide bonds. The van der Waals surface area contributed by atoms with E-state index in [2.05, 4.69) is 15.8 Å². The third kappa shape index (κ3) is 6.25. The number of ether oxygens (including phenoxy) is 2. The molecular weight excluding hydrogens is 443 g/mol. The number of amides is 2. The quantitative estimate of drug-likeness (QED) is 0.625. The number of methoxy groups -OCH3 is 2. The molecule has 0 unspecified atom stereocenters. The second kappa shape index (κ2) is 10.4. The van der Waals surface area contributed by atoms with Crippen molar-refractivity contribution in [3.63, 3.8) is 0 Å². The van der Waals surface area contributed by atoms with Gasteiger partial charge in [-0.3, -0.25) is 25.3 Å². The molecule has 178 valence electrons. The predicted octanol–water partition coefficient (Wildman–Crippen LogP) is 1.70. The van der Waals surface area contributed by atoms with Crippen LogP contribution in [0.25, 0.3) is 0 Å². The lowest BCUT2D eigenvalue weighted by molar-refractivity contribution is -0.137. The minimum Gasteiger partial charge on any atom is -0.493 e. The highest BCUT2D eigenvalue weighted by Gasteiger charge is 2.31. The average molecular weight is 467 g/mol. The van der Waals surface area contributed by atoms with Crippen LogP contribution in [0.15, 0.2) is 36.5 Å². The van der Waals surface area contributed by atoms with Gasteiger partial charge in [0.2, 0.25) is 0 Å². The maximum atomic E-state index is 12.7. The molecule has 0 bridgehead atoms. The predicted molar refractivity (Wildman–Crippen MR) is 113 cm³/mol. The Hall–Kier alpha value is -3.54. The Labute approximate surface area is 188 Å². The van der Waals surface area contributed by atoms with E-state index in [1.165, 1.54) is 32.4 Å². The van der Waals surface area contributed by atoms with Crippen molar-refractivity contribution in [3.8, 4) is 11.5 Å². The third-order valence-corrected chi connectivity index (χ3v) is 5.10. The van der Waals surface area contributed by atoms with Crippen molar-refractivity contribution in [3.05, 3.63) is 47.7 Å². The van der Waals surface area contributed by atoms with Gasteiger partial charge in [0.1, 0.15) is 5.82 Å². The summed E-state index contributed by atoms with van der Waals surface area (Å²) in [5.74, 6) is 0.405. The summed E-state index contributed by atoms with van der Waals surface area (Å²) in [6, 6.07) is 6.96. The molecule has 3 rings (SSSR count). The molecule has 0 spiro atoms. The molecule has 0 atom stereocenters. The number of hydrazine groups is 1. The van der Waals surface area contributed by atoms with Gasteiger partial charge in [0.05, 0.1) is 26.3 Å². The molecule has 9 nitrogen and oxygen atoms in total. The summed E-state index contributed by atoms with van der Waals surface area (Å²) in [7, 11) is 2.94. The Bertz CT molecular complexity index is 977. The van der Waals surface area contributed by atoms with E-state index < -0.39 is 23.6 Å². The fraction of sp³-hybridized carbons (Fsp3) is 0.381. The Morgan fingerprint density at radius 2 is 1.70 bits per heavy atom. The summed E-state index contributed by atoms with van der Waals surface area (Å²) < 4.78 is 48.3. The molecule has 1 fully saturated rings. The van der Waals surface area contributed by atoms with E-state index in [0.717, 1.165) is 12.3 Å². The number of nitrogens with zero attached hydrogens (tertiary/aromatic N) is 3. The molecule has 1 aromatic heterocycles. The normalized spacial score (nSPS) is 14.5. The van der Waals surface area contributed by atoms with Gasteiger partial charge in [0.15, 0.2) is 11.5 Å².